The molecule has 20 heavy (non-hydrogen) atoms. The highest BCUT2D eigenvalue weighted by molar-refractivity contribution is 5.82. The molecule has 0 aliphatic carbocycles. The van der Waals surface area contributed by atoms with E-state index in [1.54, 1.807) is 6.20 Å². The molecule has 2 heterocycles. The highest BCUT2D eigenvalue weighted by atomic mass is 16.5. The normalized spacial score (nSPS) is 10.7. The number of benzene rings is 1. The molecule has 0 amide bonds. The van der Waals surface area contributed by atoms with Crippen LogP contribution in [0.4, 0.5) is 5.69 Å². The Morgan fingerprint density at radius 3 is 2.95 bits per heavy atom. The fourth-order valence-corrected chi connectivity index (χ4v) is 2.21. The molecular formula is C16H17N3O. The number of nitrogens with zero attached hydrogens (tertiary/aromatic N) is 1. The van der Waals surface area contributed by atoms with E-state index in [-0.39, 0.29) is 0 Å². The van der Waals surface area contributed by atoms with Gasteiger partial charge in [-0.15, -0.1) is 0 Å². The molecule has 4 heteroatoms. The molecule has 2 N–H and O–H groups in total. The van der Waals surface area contributed by atoms with Gasteiger partial charge in [-0.25, -0.2) is 4.98 Å². The summed E-state index contributed by atoms with van der Waals surface area (Å²) in [7, 11) is 0. The second kappa shape index (κ2) is 5.65. The number of aromatic amines is 1. The number of aromatic nitrogens is 2. The van der Waals surface area contributed by atoms with E-state index in [0.717, 1.165) is 12.2 Å². The smallest absolute Gasteiger partial charge is 0.213 e. The lowest BCUT2D eigenvalue weighted by molar-refractivity contribution is 0.327. The second-order valence-electron chi connectivity index (χ2n) is 4.53. The first-order valence-electron chi connectivity index (χ1n) is 6.74. The van der Waals surface area contributed by atoms with Crippen LogP contribution >= 0.6 is 0 Å². The van der Waals surface area contributed by atoms with Gasteiger partial charge in [0.15, 0.2) is 0 Å². The number of hydrogen-bond acceptors (Lipinski definition) is 3. The number of fused-ring (bicyclic) bond motifs is 1. The van der Waals surface area contributed by atoms with Crippen LogP contribution < -0.4 is 10.1 Å². The second-order valence-corrected chi connectivity index (χ2v) is 4.53. The summed E-state index contributed by atoms with van der Waals surface area (Å²) in [6, 6.07) is 12.2. The molecule has 0 spiro atoms. The van der Waals surface area contributed by atoms with Gasteiger partial charge in [0, 0.05) is 18.8 Å². The quantitative estimate of drug-likeness (QED) is 0.743. The summed E-state index contributed by atoms with van der Waals surface area (Å²) in [5.41, 5.74) is 3.40. The topological polar surface area (TPSA) is 49.9 Å². The molecule has 0 aliphatic rings. The Morgan fingerprint density at radius 1 is 1.20 bits per heavy atom. The molecule has 0 aliphatic heterocycles. The maximum atomic E-state index is 5.33. The minimum absolute atomic E-state index is 0.634. The van der Waals surface area contributed by atoms with Gasteiger partial charge in [0.05, 0.1) is 24.0 Å². The molecular weight excluding hydrogens is 250 g/mol. The SMILES string of the molecule is CCOc1ccc(NCc2cccc3cc[nH]c23)cn1. The van der Waals surface area contributed by atoms with Gasteiger partial charge < -0.3 is 15.0 Å². The lowest BCUT2D eigenvalue weighted by atomic mass is 10.1. The fraction of sp³-hybridized carbons (Fsp3) is 0.188. The first-order valence-corrected chi connectivity index (χ1v) is 6.74. The summed E-state index contributed by atoms with van der Waals surface area (Å²) in [6.07, 6.45) is 3.76. The van der Waals surface area contributed by atoms with Crippen molar-refractivity contribution in [1.29, 1.82) is 0 Å². The summed E-state index contributed by atoms with van der Waals surface area (Å²) in [5, 5.41) is 4.60. The Hall–Kier alpha value is -2.49. The van der Waals surface area contributed by atoms with Crippen LogP contribution in [0.3, 0.4) is 0 Å². The van der Waals surface area contributed by atoms with Crippen LogP contribution in [0.15, 0.2) is 48.8 Å². The maximum Gasteiger partial charge on any atom is 0.213 e. The van der Waals surface area contributed by atoms with Crippen molar-refractivity contribution in [2.24, 2.45) is 0 Å². The van der Waals surface area contributed by atoms with E-state index in [9.17, 15) is 0 Å². The van der Waals surface area contributed by atoms with Crippen molar-refractivity contribution in [1.82, 2.24) is 9.97 Å². The lowest BCUT2D eigenvalue weighted by Gasteiger charge is -2.08. The van der Waals surface area contributed by atoms with E-state index in [1.807, 2.05) is 25.3 Å². The first-order chi connectivity index (χ1) is 9.86. The van der Waals surface area contributed by atoms with E-state index in [2.05, 4.69) is 39.6 Å². The Morgan fingerprint density at radius 2 is 2.15 bits per heavy atom. The molecule has 3 rings (SSSR count). The number of ether oxygens (including phenoxy) is 1. The van der Waals surface area contributed by atoms with Gasteiger partial charge in [0.2, 0.25) is 5.88 Å². The number of para-hydroxylation sites is 1. The van der Waals surface area contributed by atoms with E-state index in [4.69, 9.17) is 4.74 Å². The molecule has 3 aromatic rings. The molecule has 0 saturated heterocycles. The van der Waals surface area contributed by atoms with Crippen LogP contribution in [-0.4, -0.2) is 16.6 Å². The van der Waals surface area contributed by atoms with Crippen LogP contribution in [0.25, 0.3) is 10.9 Å². The first kappa shape index (κ1) is 12.5. The average molecular weight is 267 g/mol. The van der Waals surface area contributed by atoms with Crippen LogP contribution in [0.2, 0.25) is 0 Å². The van der Waals surface area contributed by atoms with Crippen LogP contribution in [-0.2, 0) is 6.54 Å². The van der Waals surface area contributed by atoms with Crippen molar-refractivity contribution in [3.8, 4) is 5.88 Å². The highest BCUT2D eigenvalue weighted by Gasteiger charge is 2.02. The number of rotatable bonds is 5. The molecule has 0 unspecified atom stereocenters. The minimum atomic E-state index is 0.634. The molecule has 4 nitrogen and oxygen atoms in total. The van der Waals surface area contributed by atoms with Gasteiger partial charge in [-0.2, -0.15) is 0 Å². The molecule has 0 radical (unpaired) electrons. The number of H-pyrrole nitrogens is 1. The zero-order valence-electron chi connectivity index (χ0n) is 11.4. The molecule has 0 saturated carbocycles. The molecule has 0 fully saturated rings. The van der Waals surface area contributed by atoms with E-state index < -0.39 is 0 Å². The zero-order valence-corrected chi connectivity index (χ0v) is 11.4. The van der Waals surface area contributed by atoms with Crippen molar-refractivity contribution < 1.29 is 4.74 Å². The number of hydrogen-bond donors (Lipinski definition) is 2. The Balaban J connectivity index is 1.71. The van der Waals surface area contributed by atoms with Gasteiger partial charge >= 0.3 is 0 Å². The number of anilines is 1. The van der Waals surface area contributed by atoms with Crippen LogP contribution in [0.5, 0.6) is 5.88 Å². The highest BCUT2D eigenvalue weighted by Crippen LogP contribution is 2.18. The maximum absolute atomic E-state index is 5.33. The average Bonchev–Trinajstić information content (AvgIpc) is 2.96. The number of pyridine rings is 1. The predicted octanol–water partition coefficient (Wildman–Crippen LogP) is 3.57. The van der Waals surface area contributed by atoms with Gasteiger partial charge in [-0.05, 0) is 30.0 Å². The van der Waals surface area contributed by atoms with Crippen LogP contribution in [0.1, 0.15) is 12.5 Å². The third-order valence-electron chi connectivity index (χ3n) is 3.19. The number of nitrogens with one attached hydrogen (secondary N) is 2. The van der Waals surface area contributed by atoms with E-state index >= 15 is 0 Å². The summed E-state index contributed by atoms with van der Waals surface area (Å²) in [5.74, 6) is 0.657. The van der Waals surface area contributed by atoms with E-state index in [0.29, 0.717) is 12.5 Å². The lowest BCUT2D eigenvalue weighted by Crippen LogP contribution is -2.01. The molecule has 102 valence electrons. The van der Waals surface area contributed by atoms with Gasteiger partial charge in [-0.1, -0.05) is 18.2 Å². The molecule has 2 aromatic heterocycles. The van der Waals surface area contributed by atoms with Crippen molar-refractivity contribution in [3.63, 3.8) is 0 Å². The van der Waals surface area contributed by atoms with Gasteiger partial charge in [-0.3, -0.25) is 0 Å². The van der Waals surface area contributed by atoms with Crippen molar-refractivity contribution in [2.75, 3.05) is 11.9 Å². The van der Waals surface area contributed by atoms with Crippen molar-refractivity contribution in [3.05, 3.63) is 54.4 Å². The monoisotopic (exact) mass is 267 g/mol. The summed E-state index contributed by atoms with van der Waals surface area (Å²) in [6.45, 7) is 3.34. The minimum Gasteiger partial charge on any atom is -0.478 e. The van der Waals surface area contributed by atoms with Gasteiger partial charge in [0.1, 0.15) is 0 Å². The molecule has 1 aromatic carbocycles. The summed E-state index contributed by atoms with van der Waals surface area (Å²) < 4.78 is 5.33. The van der Waals surface area contributed by atoms with Crippen molar-refractivity contribution in [2.45, 2.75) is 13.5 Å². The third kappa shape index (κ3) is 2.59. The van der Waals surface area contributed by atoms with Crippen molar-refractivity contribution >= 4 is 16.6 Å². The standard InChI is InChI=1S/C16H17N3O/c1-2-20-15-7-6-14(11-19-15)18-10-13-5-3-4-12-8-9-17-16(12)13/h3-9,11,17-18H,2,10H2,1H3. The third-order valence-corrected chi connectivity index (χ3v) is 3.19. The zero-order chi connectivity index (χ0) is 13.8. The van der Waals surface area contributed by atoms with Crippen LogP contribution in [0, 0.1) is 0 Å². The Kier molecular flexibility index (Phi) is 3.54. The summed E-state index contributed by atoms with van der Waals surface area (Å²) >= 11 is 0. The Labute approximate surface area is 117 Å². The fourth-order valence-electron chi connectivity index (χ4n) is 2.21. The molecule has 0 atom stereocenters. The summed E-state index contributed by atoms with van der Waals surface area (Å²) in [4.78, 5) is 7.52. The van der Waals surface area contributed by atoms with E-state index in [1.165, 1.54) is 16.5 Å². The predicted molar refractivity (Wildman–Crippen MR) is 81.0 cm³/mol. The Bertz CT molecular complexity index is 688. The largest absolute Gasteiger partial charge is 0.478 e. The molecule has 0 bridgehead atoms. The van der Waals surface area contributed by atoms with Gasteiger partial charge in [0.25, 0.3) is 0 Å².